The minimum atomic E-state index is -0.173. The van der Waals surface area contributed by atoms with Crippen LogP contribution in [0.1, 0.15) is 18.4 Å². The summed E-state index contributed by atoms with van der Waals surface area (Å²) in [6, 6.07) is 5.90. The van der Waals surface area contributed by atoms with Gasteiger partial charge in [0.1, 0.15) is 11.5 Å². The number of ether oxygens (including phenoxy) is 2. The molecule has 5 heteroatoms. The predicted molar refractivity (Wildman–Crippen MR) is 76.7 cm³/mol. The number of nitrogens with zero attached hydrogens (tertiary/aromatic N) is 1. The number of nitrogens with two attached hydrogens (primary N) is 1. The summed E-state index contributed by atoms with van der Waals surface area (Å²) in [6.45, 7) is 2.62. The van der Waals surface area contributed by atoms with Crippen molar-refractivity contribution in [3.05, 3.63) is 23.8 Å². The third-order valence-corrected chi connectivity index (χ3v) is 3.81. The van der Waals surface area contributed by atoms with Gasteiger partial charge in [-0.05, 0) is 43.6 Å². The van der Waals surface area contributed by atoms with Gasteiger partial charge in [0.25, 0.3) is 0 Å². The van der Waals surface area contributed by atoms with E-state index in [0.717, 1.165) is 49.5 Å². The summed E-state index contributed by atoms with van der Waals surface area (Å²) in [5.41, 5.74) is 6.50. The third-order valence-electron chi connectivity index (χ3n) is 3.81. The molecule has 110 valence electrons. The van der Waals surface area contributed by atoms with E-state index in [9.17, 15) is 4.79 Å². The lowest BCUT2D eigenvalue weighted by atomic mass is 9.96. The van der Waals surface area contributed by atoms with Gasteiger partial charge in [0.2, 0.25) is 5.91 Å². The molecule has 20 heavy (non-hydrogen) atoms. The zero-order valence-electron chi connectivity index (χ0n) is 12.1. The third kappa shape index (κ3) is 3.63. The van der Waals surface area contributed by atoms with Crippen molar-refractivity contribution >= 4 is 5.91 Å². The Labute approximate surface area is 119 Å². The predicted octanol–water partition coefficient (Wildman–Crippen LogP) is 1.40. The second-order valence-corrected chi connectivity index (χ2v) is 5.17. The maximum Gasteiger partial charge on any atom is 0.220 e. The molecule has 0 atom stereocenters. The van der Waals surface area contributed by atoms with Crippen molar-refractivity contribution in [1.29, 1.82) is 0 Å². The number of hydrogen-bond donors (Lipinski definition) is 1. The number of rotatable bonds is 5. The summed E-state index contributed by atoms with van der Waals surface area (Å²) in [5, 5.41) is 0. The van der Waals surface area contributed by atoms with E-state index in [0.29, 0.717) is 0 Å². The van der Waals surface area contributed by atoms with Gasteiger partial charge in [-0.1, -0.05) is 0 Å². The van der Waals surface area contributed by atoms with Crippen molar-refractivity contribution in [3.8, 4) is 11.5 Å². The van der Waals surface area contributed by atoms with Crippen molar-refractivity contribution in [2.45, 2.75) is 19.4 Å². The second-order valence-electron chi connectivity index (χ2n) is 5.17. The first-order valence-electron chi connectivity index (χ1n) is 6.86. The number of amides is 1. The quantitative estimate of drug-likeness (QED) is 0.884. The molecule has 1 fully saturated rings. The number of carbonyl (C=O) groups is 1. The van der Waals surface area contributed by atoms with Gasteiger partial charge in [0.05, 0.1) is 14.2 Å². The van der Waals surface area contributed by atoms with Crippen molar-refractivity contribution in [3.63, 3.8) is 0 Å². The first-order chi connectivity index (χ1) is 9.62. The Balaban J connectivity index is 1.98. The number of carbonyl (C=O) groups excluding carboxylic acids is 1. The van der Waals surface area contributed by atoms with Crippen LogP contribution in [-0.2, 0) is 11.3 Å². The molecule has 0 saturated carbocycles. The summed E-state index contributed by atoms with van der Waals surface area (Å²) < 4.78 is 10.6. The first-order valence-corrected chi connectivity index (χ1v) is 6.86. The van der Waals surface area contributed by atoms with Gasteiger partial charge < -0.3 is 15.2 Å². The molecule has 1 aliphatic heterocycles. The molecule has 1 aliphatic rings. The highest BCUT2D eigenvalue weighted by Gasteiger charge is 2.23. The van der Waals surface area contributed by atoms with Gasteiger partial charge in [-0.3, -0.25) is 9.69 Å². The van der Waals surface area contributed by atoms with E-state index in [1.54, 1.807) is 14.2 Å². The van der Waals surface area contributed by atoms with E-state index in [1.165, 1.54) is 0 Å². The maximum atomic E-state index is 11.2. The van der Waals surface area contributed by atoms with Crippen LogP contribution < -0.4 is 15.2 Å². The lowest BCUT2D eigenvalue weighted by Crippen LogP contribution is -2.38. The molecule has 1 heterocycles. The van der Waals surface area contributed by atoms with Crippen LogP contribution in [0.4, 0.5) is 0 Å². The summed E-state index contributed by atoms with van der Waals surface area (Å²) in [5.74, 6) is 1.46. The lowest BCUT2D eigenvalue weighted by molar-refractivity contribution is -0.123. The first kappa shape index (κ1) is 14.7. The summed E-state index contributed by atoms with van der Waals surface area (Å²) in [7, 11) is 3.30. The van der Waals surface area contributed by atoms with Gasteiger partial charge in [0, 0.05) is 18.5 Å². The summed E-state index contributed by atoms with van der Waals surface area (Å²) >= 11 is 0. The number of hydrogen-bond acceptors (Lipinski definition) is 4. The maximum absolute atomic E-state index is 11.2. The Morgan fingerprint density at radius 1 is 1.20 bits per heavy atom. The molecular formula is C15H22N2O3. The minimum absolute atomic E-state index is 0.0334. The summed E-state index contributed by atoms with van der Waals surface area (Å²) in [4.78, 5) is 13.5. The average Bonchev–Trinajstić information content (AvgIpc) is 2.47. The number of likely N-dealkylation sites (tertiary alicyclic amines) is 1. The molecule has 1 aromatic carbocycles. The molecule has 0 spiro atoms. The molecular weight excluding hydrogens is 256 g/mol. The van der Waals surface area contributed by atoms with Gasteiger partial charge in [-0.25, -0.2) is 0 Å². The fraction of sp³-hybridized carbons (Fsp3) is 0.533. The van der Waals surface area contributed by atoms with E-state index < -0.39 is 0 Å². The smallest absolute Gasteiger partial charge is 0.220 e. The molecule has 0 radical (unpaired) electrons. The van der Waals surface area contributed by atoms with Crippen molar-refractivity contribution in [2.24, 2.45) is 11.7 Å². The van der Waals surface area contributed by atoms with Crippen molar-refractivity contribution in [1.82, 2.24) is 4.90 Å². The molecule has 2 rings (SSSR count). The number of benzene rings is 1. The number of primary amides is 1. The summed E-state index contributed by atoms with van der Waals surface area (Å²) in [6.07, 6.45) is 1.69. The van der Waals surface area contributed by atoms with Gasteiger partial charge >= 0.3 is 0 Å². The van der Waals surface area contributed by atoms with Crippen LogP contribution in [0.2, 0.25) is 0 Å². The lowest BCUT2D eigenvalue weighted by Gasteiger charge is -2.30. The van der Waals surface area contributed by atoms with Crippen LogP contribution in [-0.4, -0.2) is 38.1 Å². The molecule has 0 aromatic heterocycles. The molecule has 1 saturated heterocycles. The molecule has 1 aromatic rings. The zero-order chi connectivity index (χ0) is 14.5. The molecule has 0 unspecified atom stereocenters. The van der Waals surface area contributed by atoms with Crippen LogP contribution in [0, 0.1) is 5.92 Å². The standard InChI is InChI=1S/C15H22N2O3/c1-19-13-7-11(8-14(9-13)20-2)10-17-5-3-12(4-6-17)15(16)18/h7-9,12H,3-6,10H2,1-2H3,(H2,16,18). The monoisotopic (exact) mass is 278 g/mol. The Kier molecular flexibility index (Phi) is 4.84. The van der Waals surface area contributed by atoms with E-state index in [4.69, 9.17) is 15.2 Å². The molecule has 5 nitrogen and oxygen atoms in total. The fourth-order valence-electron chi connectivity index (χ4n) is 2.59. The van der Waals surface area contributed by atoms with Crippen LogP contribution >= 0.6 is 0 Å². The van der Waals surface area contributed by atoms with Gasteiger partial charge in [-0.2, -0.15) is 0 Å². The van der Waals surface area contributed by atoms with E-state index in [1.807, 2.05) is 18.2 Å². The molecule has 0 aliphatic carbocycles. The van der Waals surface area contributed by atoms with E-state index >= 15 is 0 Å². The van der Waals surface area contributed by atoms with E-state index in [-0.39, 0.29) is 11.8 Å². The Bertz CT molecular complexity index is 446. The normalized spacial score (nSPS) is 16.9. The Morgan fingerprint density at radius 3 is 2.20 bits per heavy atom. The molecule has 2 N–H and O–H groups in total. The van der Waals surface area contributed by atoms with Crippen LogP contribution in [0.15, 0.2) is 18.2 Å². The molecule has 0 bridgehead atoms. The van der Waals surface area contributed by atoms with Crippen molar-refractivity contribution in [2.75, 3.05) is 27.3 Å². The average molecular weight is 278 g/mol. The highest BCUT2D eigenvalue weighted by Crippen LogP contribution is 2.25. The van der Waals surface area contributed by atoms with Gasteiger partial charge in [-0.15, -0.1) is 0 Å². The molecule has 1 amide bonds. The van der Waals surface area contributed by atoms with Crippen molar-refractivity contribution < 1.29 is 14.3 Å². The van der Waals surface area contributed by atoms with Crippen LogP contribution in [0.3, 0.4) is 0 Å². The highest BCUT2D eigenvalue weighted by atomic mass is 16.5. The number of methoxy groups -OCH3 is 2. The minimum Gasteiger partial charge on any atom is -0.497 e. The van der Waals surface area contributed by atoms with Crippen LogP contribution in [0.25, 0.3) is 0 Å². The fourth-order valence-corrected chi connectivity index (χ4v) is 2.59. The second kappa shape index (κ2) is 6.61. The Hall–Kier alpha value is -1.75. The highest BCUT2D eigenvalue weighted by molar-refractivity contribution is 5.76. The van der Waals surface area contributed by atoms with Crippen LogP contribution in [0.5, 0.6) is 11.5 Å². The topological polar surface area (TPSA) is 64.8 Å². The zero-order valence-corrected chi connectivity index (χ0v) is 12.1. The number of piperidine rings is 1. The van der Waals surface area contributed by atoms with E-state index in [2.05, 4.69) is 4.90 Å². The Morgan fingerprint density at radius 2 is 1.75 bits per heavy atom. The largest absolute Gasteiger partial charge is 0.497 e. The van der Waals surface area contributed by atoms with Gasteiger partial charge in [0.15, 0.2) is 0 Å². The SMILES string of the molecule is COc1cc(CN2CCC(C(N)=O)CC2)cc(OC)c1.